The van der Waals surface area contributed by atoms with Gasteiger partial charge in [-0.25, -0.2) is 4.98 Å². The Bertz CT molecular complexity index is 383. The predicted octanol–water partition coefficient (Wildman–Crippen LogP) is 1.27. The van der Waals surface area contributed by atoms with Crippen LogP contribution in [0.3, 0.4) is 0 Å². The van der Waals surface area contributed by atoms with E-state index in [9.17, 15) is 0 Å². The zero-order valence-electron chi connectivity index (χ0n) is 12.3. The summed E-state index contributed by atoms with van der Waals surface area (Å²) in [6, 6.07) is 0. The number of aryl methyl sites for hydroxylation is 1. The third-order valence-corrected chi connectivity index (χ3v) is 4.74. The summed E-state index contributed by atoms with van der Waals surface area (Å²) in [5.74, 6) is 0. The largest absolute Gasteiger partial charge is 0.314 e. The molecule has 108 valence electrons. The molecule has 0 aromatic carbocycles. The Balaban J connectivity index is 1.69. The number of hydrogen-bond donors (Lipinski definition) is 2. The smallest absolute Gasteiger partial charge is 0.0940 e. The highest BCUT2D eigenvalue weighted by Gasteiger charge is 2.27. The van der Waals surface area contributed by atoms with Crippen molar-refractivity contribution in [1.82, 2.24) is 20.5 Å². The summed E-state index contributed by atoms with van der Waals surface area (Å²) in [5.41, 5.74) is 1.38. The van der Waals surface area contributed by atoms with Gasteiger partial charge < -0.3 is 10.6 Å². The highest BCUT2D eigenvalue weighted by molar-refractivity contribution is 7.09. The summed E-state index contributed by atoms with van der Waals surface area (Å²) in [5, 5.41) is 10.4. The van der Waals surface area contributed by atoms with Crippen LogP contribution in [0.1, 0.15) is 24.5 Å². The van der Waals surface area contributed by atoms with Crippen molar-refractivity contribution in [1.29, 1.82) is 0 Å². The van der Waals surface area contributed by atoms with Gasteiger partial charge in [-0.05, 0) is 20.8 Å². The van der Waals surface area contributed by atoms with Gasteiger partial charge in [0.15, 0.2) is 0 Å². The molecule has 5 heteroatoms. The number of thiazole rings is 1. The van der Waals surface area contributed by atoms with E-state index in [1.807, 2.05) is 0 Å². The molecule has 0 aliphatic carbocycles. The average Bonchev–Trinajstić information content (AvgIpc) is 2.82. The van der Waals surface area contributed by atoms with E-state index in [1.165, 1.54) is 5.01 Å². The highest BCUT2D eigenvalue weighted by atomic mass is 32.1. The Morgan fingerprint density at radius 1 is 1.42 bits per heavy atom. The Labute approximate surface area is 120 Å². The maximum absolute atomic E-state index is 4.49. The second-order valence-corrected chi connectivity index (χ2v) is 6.80. The molecule has 1 aromatic rings. The van der Waals surface area contributed by atoms with Crippen LogP contribution in [0.5, 0.6) is 0 Å². The van der Waals surface area contributed by atoms with Crippen LogP contribution in [0, 0.1) is 6.92 Å². The molecule has 19 heavy (non-hydrogen) atoms. The third-order valence-electron chi connectivity index (χ3n) is 3.71. The molecule has 1 saturated heterocycles. The number of nitrogens with zero attached hydrogens (tertiary/aromatic N) is 2. The van der Waals surface area contributed by atoms with Crippen molar-refractivity contribution in [2.45, 2.75) is 32.7 Å². The zero-order valence-corrected chi connectivity index (χ0v) is 13.1. The molecule has 1 aliphatic rings. The van der Waals surface area contributed by atoms with Crippen LogP contribution in [0.25, 0.3) is 0 Å². The van der Waals surface area contributed by atoms with Gasteiger partial charge in [0.05, 0.1) is 5.01 Å². The van der Waals surface area contributed by atoms with Crippen molar-refractivity contribution in [3.8, 4) is 0 Å². The number of nitrogens with one attached hydrogen (secondary N) is 2. The molecular weight excluding hydrogens is 256 g/mol. The molecule has 0 bridgehead atoms. The van der Waals surface area contributed by atoms with E-state index in [4.69, 9.17) is 0 Å². The van der Waals surface area contributed by atoms with Gasteiger partial charge >= 0.3 is 0 Å². The van der Waals surface area contributed by atoms with E-state index in [-0.39, 0.29) is 5.54 Å². The fourth-order valence-corrected chi connectivity index (χ4v) is 3.27. The van der Waals surface area contributed by atoms with E-state index in [0.29, 0.717) is 0 Å². The molecule has 0 atom stereocenters. The topological polar surface area (TPSA) is 40.2 Å². The molecular formula is C14H26N4S. The van der Waals surface area contributed by atoms with Crippen molar-refractivity contribution >= 4 is 11.3 Å². The second kappa shape index (κ2) is 6.79. The summed E-state index contributed by atoms with van der Waals surface area (Å²) in [6.07, 6.45) is 1.04. The fraction of sp³-hybridized carbons (Fsp3) is 0.786. The number of hydrogen-bond acceptors (Lipinski definition) is 5. The van der Waals surface area contributed by atoms with Gasteiger partial charge in [-0.15, -0.1) is 11.3 Å². The quantitative estimate of drug-likeness (QED) is 0.771. The van der Waals surface area contributed by atoms with Crippen LogP contribution in [0.4, 0.5) is 0 Å². The lowest BCUT2D eigenvalue weighted by Crippen LogP contribution is -2.57. The summed E-state index contributed by atoms with van der Waals surface area (Å²) in [7, 11) is 0. The SMILES string of the molecule is Cc1csc(CCNCC(C)(C)N2CCNCC2)n1. The van der Waals surface area contributed by atoms with Gasteiger partial charge in [0.2, 0.25) is 0 Å². The molecule has 0 spiro atoms. The van der Waals surface area contributed by atoms with E-state index in [2.05, 4.69) is 46.7 Å². The Hall–Kier alpha value is -0.490. The maximum Gasteiger partial charge on any atom is 0.0940 e. The van der Waals surface area contributed by atoms with Gasteiger partial charge in [-0.2, -0.15) is 0 Å². The molecule has 0 unspecified atom stereocenters. The number of aromatic nitrogens is 1. The molecule has 4 nitrogen and oxygen atoms in total. The Morgan fingerprint density at radius 3 is 2.79 bits per heavy atom. The molecule has 1 aromatic heterocycles. The summed E-state index contributed by atoms with van der Waals surface area (Å²) in [6.45, 7) is 13.3. The first-order chi connectivity index (χ1) is 9.08. The van der Waals surface area contributed by atoms with E-state index in [1.54, 1.807) is 11.3 Å². The first kappa shape index (κ1) is 14.9. The minimum atomic E-state index is 0.237. The van der Waals surface area contributed by atoms with Crippen molar-refractivity contribution in [2.24, 2.45) is 0 Å². The fourth-order valence-electron chi connectivity index (χ4n) is 2.49. The molecule has 2 heterocycles. The van der Waals surface area contributed by atoms with E-state index in [0.717, 1.165) is 51.4 Å². The second-order valence-electron chi connectivity index (χ2n) is 5.86. The van der Waals surface area contributed by atoms with Gasteiger partial charge in [0.1, 0.15) is 0 Å². The molecule has 1 fully saturated rings. The lowest BCUT2D eigenvalue weighted by Gasteiger charge is -2.41. The Morgan fingerprint density at radius 2 is 2.16 bits per heavy atom. The van der Waals surface area contributed by atoms with Crippen LogP contribution in [-0.4, -0.2) is 54.7 Å². The molecule has 0 amide bonds. The summed E-state index contributed by atoms with van der Waals surface area (Å²) in [4.78, 5) is 7.07. The average molecular weight is 282 g/mol. The predicted molar refractivity (Wildman–Crippen MR) is 81.9 cm³/mol. The van der Waals surface area contributed by atoms with Crippen LogP contribution in [-0.2, 0) is 6.42 Å². The molecule has 1 aliphatic heterocycles. The summed E-state index contributed by atoms with van der Waals surface area (Å²) < 4.78 is 0. The van der Waals surface area contributed by atoms with Crippen LogP contribution >= 0.6 is 11.3 Å². The summed E-state index contributed by atoms with van der Waals surface area (Å²) >= 11 is 1.77. The van der Waals surface area contributed by atoms with Crippen molar-refractivity contribution in [3.05, 3.63) is 16.1 Å². The van der Waals surface area contributed by atoms with Crippen LogP contribution < -0.4 is 10.6 Å². The molecule has 0 radical (unpaired) electrons. The van der Waals surface area contributed by atoms with Crippen LogP contribution in [0.2, 0.25) is 0 Å². The number of piperazine rings is 1. The first-order valence-electron chi connectivity index (χ1n) is 7.15. The molecule has 0 saturated carbocycles. The maximum atomic E-state index is 4.49. The standard InChI is InChI=1S/C14H26N4S/c1-12-10-19-13(17-12)4-5-16-11-14(2,3)18-8-6-15-7-9-18/h10,15-16H,4-9,11H2,1-3H3. The first-order valence-corrected chi connectivity index (χ1v) is 8.03. The normalized spacial score (nSPS) is 17.8. The molecule has 2 rings (SSSR count). The molecule has 2 N–H and O–H groups in total. The van der Waals surface area contributed by atoms with Gasteiger partial charge in [0, 0.05) is 62.3 Å². The van der Waals surface area contributed by atoms with E-state index >= 15 is 0 Å². The lowest BCUT2D eigenvalue weighted by molar-refractivity contribution is 0.102. The third kappa shape index (κ3) is 4.53. The monoisotopic (exact) mass is 282 g/mol. The van der Waals surface area contributed by atoms with Crippen molar-refractivity contribution in [2.75, 3.05) is 39.3 Å². The van der Waals surface area contributed by atoms with Crippen LogP contribution in [0.15, 0.2) is 5.38 Å². The van der Waals surface area contributed by atoms with Gasteiger partial charge in [0.25, 0.3) is 0 Å². The Kier molecular flexibility index (Phi) is 5.33. The minimum absolute atomic E-state index is 0.237. The van der Waals surface area contributed by atoms with Gasteiger partial charge in [-0.1, -0.05) is 0 Å². The number of rotatable bonds is 6. The van der Waals surface area contributed by atoms with Gasteiger partial charge in [-0.3, -0.25) is 4.90 Å². The lowest BCUT2D eigenvalue weighted by atomic mass is 10.0. The van der Waals surface area contributed by atoms with Crippen molar-refractivity contribution < 1.29 is 0 Å². The highest BCUT2D eigenvalue weighted by Crippen LogP contribution is 2.14. The van der Waals surface area contributed by atoms with E-state index < -0.39 is 0 Å². The minimum Gasteiger partial charge on any atom is -0.314 e. The zero-order chi connectivity index (χ0) is 13.7. The van der Waals surface area contributed by atoms with Crippen molar-refractivity contribution in [3.63, 3.8) is 0 Å².